The smallest absolute Gasteiger partial charge is 0.254 e. The second kappa shape index (κ2) is 3.86. The lowest BCUT2D eigenvalue weighted by Gasteiger charge is -2.18. The van der Waals surface area contributed by atoms with E-state index in [1.54, 1.807) is 11.3 Å². The third-order valence-corrected chi connectivity index (χ3v) is 4.65. The minimum Gasteiger partial charge on any atom is -0.338 e. The Morgan fingerprint density at radius 1 is 1.44 bits per heavy atom. The average molecular weight is 236 g/mol. The average Bonchev–Trinajstić information content (AvgIpc) is 2.96. The van der Waals surface area contributed by atoms with Gasteiger partial charge in [0.2, 0.25) is 0 Å². The summed E-state index contributed by atoms with van der Waals surface area (Å²) in [7, 11) is 0. The van der Waals surface area contributed by atoms with E-state index < -0.39 is 0 Å². The summed E-state index contributed by atoms with van der Waals surface area (Å²) in [6.45, 7) is 1.77. The molecule has 0 aromatic carbocycles. The molecule has 0 radical (unpaired) electrons. The van der Waals surface area contributed by atoms with E-state index in [0.717, 1.165) is 25.1 Å². The van der Waals surface area contributed by atoms with Crippen LogP contribution >= 0.6 is 11.3 Å². The van der Waals surface area contributed by atoms with Crippen molar-refractivity contribution in [1.29, 1.82) is 0 Å². The first-order valence-corrected chi connectivity index (χ1v) is 6.77. The molecule has 0 spiro atoms. The van der Waals surface area contributed by atoms with E-state index in [2.05, 4.69) is 0 Å². The summed E-state index contributed by atoms with van der Waals surface area (Å²) in [6.07, 6.45) is 2.33. The summed E-state index contributed by atoms with van der Waals surface area (Å²) in [5.74, 6) is 1.38. The number of nitrogens with two attached hydrogens (primary N) is 1. The molecule has 3 unspecified atom stereocenters. The molecule has 1 amide bonds. The fourth-order valence-corrected chi connectivity index (χ4v) is 3.67. The Kier molecular flexibility index (Phi) is 2.48. The Hall–Kier alpha value is -0.870. The van der Waals surface area contributed by atoms with Gasteiger partial charge in [0.25, 0.3) is 5.91 Å². The van der Waals surface area contributed by atoms with Crippen LogP contribution in [0.5, 0.6) is 0 Å². The number of carbonyl (C=O) groups excluding carboxylic acids is 1. The van der Waals surface area contributed by atoms with Gasteiger partial charge in [0.15, 0.2) is 0 Å². The van der Waals surface area contributed by atoms with E-state index >= 15 is 0 Å². The normalized spacial score (nSPS) is 33.1. The van der Waals surface area contributed by atoms with Crippen LogP contribution in [0.1, 0.15) is 23.2 Å². The highest BCUT2D eigenvalue weighted by Gasteiger charge is 2.42. The maximum atomic E-state index is 12.1. The monoisotopic (exact) mass is 236 g/mol. The van der Waals surface area contributed by atoms with Gasteiger partial charge in [-0.25, -0.2) is 0 Å². The van der Waals surface area contributed by atoms with Crippen molar-refractivity contribution in [3.63, 3.8) is 0 Å². The minimum absolute atomic E-state index is 0.183. The molecule has 3 rings (SSSR count). The van der Waals surface area contributed by atoms with Crippen molar-refractivity contribution in [2.45, 2.75) is 18.9 Å². The van der Waals surface area contributed by atoms with Gasteiger partial charge in [-0.2, -0.15) is 11.3 Å². The Labute approximate surface area is 99.2 Å². The molecular formula is C12H16N2OS. The number of carbonyl (C=O) groups is 1. The van der Waals surface area contributed by atoms with Gasteiger partial charge in [-0.05, 0) is 36.1 Å². The summed E-state index contributed by atoms with van der Waals surface area (Å²) < 4.78 is 0. The van der Waals surface area contributed by atoms with Crippen LogP contribution in [-0.4, -0.2) is 29.9 Å². The maximum absolute atomic E-state index is 12.1. The van der Waals surface area contributed by atoms with Gasteiger partial charge >= 0.3 is 0 Å². The van der Waals surface area contributed by atoms with Crippen molar-refractivity contribution >= 4 is 17.2 Å². The topological polar surface area (TPSA) is 46.3 Å². The fraction of sp³-hybridized carbons (Fsp3) is 0.583. The number of likely N-dealkylation sites (tertiary alicyclic amines) is 1. The van der Waals surface area contributed by atoms with Gasteiger partial charge in [-0.1, -0.05) is 0 Å². The van der Waals surface area contributed by atoms with Crippen molar-refractivity contribution in [2.75, 3.05) is 13.1 Å². The van der Waals surface area contributed by atoms with Gasteiger partial charge in [0.05, 0.1) is 5.56 Å². The van der Waals surface area contributed by atoms with Gasteiger partial charge in [-0.3, -0.25) is 4.79 Å². The van der Waals surface area contributed by atoms with E-state index in [0.29, 0.717) is 17.9 Å². The predicted molar refractivity (Wildman–Crippen MR) is 64.4 cm³/mol. The lowest BCUT2D eigenvalue weighted by molar-refractivity contribution is 0.0780. The molecule has 86 valence electrons. The summed E-state index contributed by atoms with van der Waals surface area (Å²) in [5, 5.41) is 3.88. The fourth-order valence-electron chi connectivity index (χ4n) is 3.04. The zero-order valence-corrected chi connectivity index (χ0v) is 9.95. The van der Waals surface area contributed by atoms with Crippen molar-refractivity contribution in [1.82, 2.24) is 4.90 Å². The van der Waals surface area contributed by atoms with E-state index in [1.165, 1.54) is 6.42 Å². The van der Waals surface area contributed by atoms with Gasteiger partial charge < -0.3 is 10.6 Å². The van der Waals surface area contributed by atoms with Crippen LogP contribution in [0, 0.1) is 11.8 Å². The molecule has 1 saturated heterocycles. The van der Waals surface area contributed by atoms with E-state index in [-0.39, 0.29) is 5.91 Å². The predicted octanol–water partition coefficient (Wildman–Crippen LogP) is 1.56. The zero-order valence-electron chi connectivity index (χ0n) is 9.13. The molecule has 1 aromatic rings. The first-order valence-electron chi connectivity index (χ1n) is 5.83. The largest absolute Gasteiger partial charge is 0.338 e. The molecule has 2 N–H and O–H groups in total. The molecule has 1 aromatic heterocycles. The minimum atomic E-state index is 0.183. The SMILES string of the molecule is NC1CCC2CN(C(=O)c3ccsc3)CC12. The molecule has 2 heterocycles. The third kappa shape index (κ3) is 1.57. The van der Waals surface area contributed by atoms with Crippen LogP contribution in [0.15, 0.2) is 16.8 Å². The molecule has 1 saturated carbocycles. The van der Waals surface area contributed by atoms with E-state index in [9.17, 15) is 4.79 Å². The molecule has 2 fully saturated rings. The number of thiophene rings is 1. The van der Waals surface area contributed by atoms with Crippen molar-refractivity contribution < 1.29 is 4.79 Å². The number of nitrogens with zero attached hydrogens (tertiary/aromatic N) is 1. The summed E-state index contributed by atoms with van der Waals surface area (Å²) in [6, 6.07) is 2.21. The molecule has 3 nitrogen and oxygen atoms in total. The van der Waals surface area contributed by atoms with Crippen LogP contribution in [0.25, 0.3) is 0 Å². The Bertz CT molecular complexity index is 390. The highest BCUT2D eigenvalue weighted by atomic mass is 32.1. The van der Waals surface area contributed by atoms with Crippen molar-refractivity contribution in [3.8, 4) is 0 Å². The first-order chi connectivity index (χ1) is 7.75. The van der Waals surface area contributed by atoms with Crippen LogP contribution in [0.4, 0.5) is 0 Å². The molecule has 1 aliphatic carbocycles. The summed E-state index contributed by atoms with van der Waals surface area (Å²) in [5.41, 5.74) is 6.90. The Morgan fingerprint density at radius 2 is 2.31 bits per heavy atom. The standard InChI is InChI=1S/C12H16N2OS/c13-11-2-1-8-5-14(6-10(8)11)12(15)9-3-4-16-7-9/h3-4,7-8,10-11H,1-2,5-6,13H2. The third-order valence-electron chi connectivity index (χ3n) is 3.97. The second-order valence-electron chi connectivity index (χ2n) is 4.89. The molecule has 2 aliphatic rings. The molecule has 3 atom stereocenters. The summed E-state index contributed by atoms with van der Waals surface area (Å²) >= 11 is 1.58. The van der Waals surface area contributed by atoms with E-state index in [4.69, 9.17) is 5.73 Å². The number of rotatable bonds is 1. The van der Waals surface area contributed by atoms with Crippen LogP contribution in [0.3, 0.4) is 0 Å². The molecule has 1 aliphatic heterocycles. The zero-order chi connectivity index (χ0) is 11.1. The van der Waals surface area contributed by atoms with Gasteiger partial charge in [-0.15, -0.1) is 0 Å². The second-order valence-corrected chi connectivity index (χ2v) is 5.67. The van der Waals surface area contributed by atoms with Crippen molar-refractivity contribution in [3.05, 3.63) is 22.4 Å². The highest BCUT2D eigenvalue weighted by Crippen LogP contribution is 2.37. The number of fused-ring (bicyclic) bond motifs is 1. The lowest BCUT2D eigenvalue weighted by atomic mass is 9.98. The summed E-state index contributed by atoms with van der Waals surface area (Å²) in [4.78, 5) is 14.1. The molecule has 4 heteroatoms. The number of hydrogen-bond acceptors (Lipinski definition) is 3. The quantitative estimate of drug-likeness (QED) is 0.804. The van der Waals surface area contributed by atoms with Crippen LogP contribution < -0.4 is 5.73 Å². The molecule has 0 bridgehead atoms. The van der Waals surface area contributed by atoms with E-state index in [1.807, 2.05) is 21.7 Å². The van der Waals surface area contributed by atoms with Crippen LogP contribution in [-0.2, 0) is 0 Å². The first kappa shape index (κ1) is 10.3. The van der Waals surface area contributed by atoms with Crippen molar-refractivity contribution in [2.24, 2.45) is 17.6 Å². The van der Waals surface area contributed by atoms with Gasteiger partial charge in [0, 0.05) is 24.5 Å². The Balaban J connectivity index is 1.73. The number of amides is 1. The highest BCUT2D eigenvalue weighted by molar-refractivity contribution is 7.08. The van der Waals surface area contributed by atoms with Crippen LogP contribution in [0.2, 0.25) is 0 Å². The molecular weight excluding hydrogens is 220 g/mol. The Morgan fingerprint density at radius 3 is 3.00 bits per heavy atom. The molecule has 16 heavy (non-hydrogen) atoms. The maximum Gasteiger partial charge on any atom is 0.254 e. The lowest BCUT2D eigenvalue weighted by Crippen LogP contribution is -2.33. The van der Waals surface area contributed by atoms with Gasteiger partial charge in [0.1, 0.15) is 0 Å². The number of hydrogen-bond donors (Lipinski definition) is 1.